The summed E-state index contributed by atoms with van der Waals surface area (Å²) >= 11 is 0. The van der Waals surface area contributed by atoms with E-state index in [2.05, 4.69) is 10.2 Å². The molecule has 0 radical (unpaired) electrons. The van der Waals surface area contributed by atoms with Gasteiger partial charge in [-0.15, -0.1) is 0 Å². The fourth-order valence-corrected chi connectivity index (χ4v) is 1.38. The molecule has 0 saturated carbocycles. The molecule has 2 rings (SSSR count). The fourth-order valence-electron chi connectivity index (χ4n) is 1.38. The molecule has 1 aliphatic rings. The van der Waals surface area contributed by atoms with Gasteiger partial charge in [0.25, 0.3) is 5.82 Å². The molecule has 1 aliphatic heterocycles. The van der Waals surface area contributed by atoms with Gasteiger partial charge in [-0.2, -0.15) is 14.8 Å². The molecule has 54 valence electrons. The molecule has 0 bridgehead atoms. The Morgan fingerprint density at radius 3 is 3.20 bits per heavy atom. The number of aromatic amines is 2. The highest BCUT2D eigenvalue weighted by Gasteiger charge is 2.18. The highest BCUT2D eigenvalue weighted by Crippen LogP contribution is 2.05. The van der Waals surface area contributed by atoms with E-state index in [9.17, 15) is 4.79 Å². The molecule has 0 amide bonds. The Balaban J connectivity index is 2.55. The van der Waals surface area contributed by atoms with E-state index in [1.165, 1.54) is 6.42 Å². The van der Waals surface area contributed by atoms with Crippen LogP contribution in [0.2, 0.25) is 0 Å². The lowest BCUT2D eigenvalue weighted by atomic mass is 10.2. The third-order valence-electron chi connectivity index (χ3n) is 1.93. The first-order valence-corrected chi connectivity index (χ1v) is 3.57. The summed E-state index contributed by atoms with van der Waals surface area (Å²) < 4.78 is 1.77. The average Bonchev–Trinajstić information content (AvgIpc) is 2.34. The number of nitrogens with zero attached hydrogens (tertiary/aromatic N) is 1. The second-order valence-electron chi connectivity index (χ2n) is 2.61. The molecule has 0 unspecified atom stereocenters. The van der Waals surface area contributed by atoms with Crippen LogP contribution in [0.5, 0.6) is 0 Å². The Labute approximate surface area is 57.9 Å². The molecule has 0 atom stereocenters. The largest absolute Gasteiger partial charge is 0.443 e. The number of hydrogen-bond acceptors (Lipinski definition) is 1. The van der Waals surface area contributed by atoms with Crippen molar-refractivity contribution >= 4 is 0 Å². The van der Waals surface area contributed by atoms with E-state index < -0.39 is 0 Å². The summed E-state index contributed by atoms with van der Waals surface area (Å²) in [5, 5.41) is 5.41. The van der Waals surface area contributed by atoms with Crippen LogP contribution in [0.25, 0.3) is 0 Å². The van der Waals surface area contributed by atoms with E-state index in [0.29, 0.717) is 0 Å². The first-order valence-electron chi connectivity index (χ1n) is 3.57. The summed E-state index contributed by atoms with van der Waals surface area (Å²) in [7, 11) is 0. The number of aryl methyl sites for hydroxylation is 1. The van der Waals surface area contributed by atoms with E-state index in [0.717, 1.165) is 25.2 Å². The number of H-pyrrole nitrogens is 2. The normalized spacial score (nSPS) is 16.8. The van der Waals surface area contributed by atoms with Crippen molar-refractivity contribution in [3.63, 3.8) is 0 Å². The molecule has 2 N–H and O–H groups in total. The van der Waals surface area contributed by atoms with Crippen molar-refractivity contribution in [3.8, 4) is 0 Å². The summed E-state index contributed by atoms with van der Waals surface area (Å²) in [5.41, 5.74) is -0.00491. The quantitative estimate of drug-likeness (QED) is 0.510. The van der Waals surface area contributed by atoms with E-state index >= 15 is 0 Å². The van der Waals surface area contributed by atoms with Crippen LogP contribution >= 0.6 is 0 Å². The zero-order chi connectivity index (χ0) is 6.97. The van der Waals surface area contributed by atoms with Crippen LogP contribution in [0.15, 0.2) is 4.79 Å². The third kappa shape index (κ3) is 0.683. The van der Waals surface area contributed by atoms with Crippen molar-refractivity contribution in [2.75, 3.05) is 0 Å². The van der Waals surface area contributed by atoms with Crippen LogP contribution in [-0.4, -0.2) is 9.67 Å². The molecular formula is C6H10N3O+. The number of fused-ring (bicyclic) bond motifs is 1. The predicted molar refractivity (Wildman–Crippen MR) is 34.5 cm³/mol. The van der Waals surface area contributed by atoms with Gasteiger partial charge in [0.05, 0.1) is 13.0 Å². The minimum atomic E-state index is -0.00491. The molecule has 2 heterocycles. The number of nitrogens with one attached hydrogen (secondary N) is 2. The molecule has 4 nitrogen and oxygen atoms in total. The van der Waals surface area contributed by atoms with Gasteiger partial charge >= 0.3 is 5.69 Å². The maximum Gasteiger partial charge on any atom is 0.443 e. The first kappa shape index (κ1) is 5.70. The van der Waals surface area contributed by atoms with Gasteiger partial charge in [0, 0.05) is 0 Å². The highest BCUT2D eigenvalue weighted by molar-refractivity contribution is 4.82. The first-order chi connectivity index (χ1) is 4.88. The Kier molecular flexibility index (Phi) is 1.12. The van der Waals surface area contributed by atoms with Gasteiger partial charge in [0.15, 0.2) is 0 Å². The van der Waals surface area contributed by atoms with Crippen molar-refractivity contribution in [1.82, 2.24) is 9.67 Å². The van der Waals surface area contributed by atoms with Crippen LogP contribution in [-0.2, 0) is 13.0 Å². The minimum absolute atomic E-state index is 0.00491. The van der Waals surface area contributed by atoms with Crippen molar-refractivity contribution in [1.29, 1.82) is 0 Å². The van der Waals surface area contributed by atoms with Gasteiger partial charge in [0.2, 0.25) is 0 Å². The molecule has 0 fully saturated rings. The second-order valence-corrected chi connectivity index (χ2v) is 2.61. The summed E-state index contributed by atoms with van der Waals surface area (Å²) in [5.74, 6) is 1.04. The SMILES string of the molecule is O=c1[nH][nH+]c2n1CCCC2. The Hall–Kier alpha value is -1.06. The zero-order valence-electron chi connectivity index (χ0n) is 5.68. The smallest absolute Gasteiger partial charge is 0.217 e. The molecule has 1 aromatic rings. The van der Waals surface area contributed by atoms with Gasteiger partial charge in [-0.3, -0.25) is 0 Å². The van der Waals surface area contributed by atoms with Crippen molar-refractivity contribution in [2.45, 2.75) is 25.8 Å². The van der Waals surface area contributed by atoms with Crippen LogP contribution < -0.4 is 10.8 Å². The maximum atomic E-state index is 10.9. The second kappa shape index (κ2) is 1.97. The molecule has 0 aliphatic carbocycles. The molecular weight excluding hydrogens is 130 g/mol. The Morgan fingerprint density at radius 2 is 2.40 bits per heavy atom. The van der Waals surface area contributed by atoms with E-state index in [1.807, 2.05) is 0 Å². The zero-order valence-corrected chi connectivity index (χ0v) is 5.68. The van der Waals surface area contributed by atoms with Gasteiger partial charge < -0.3 is 0 Å². The van der Waals surface area contributed by atoms with Gasteiger partial charge in [-0.25, -0.2) is 4.79 Å². The van der Waals surface area contributed by atoms with Gasteiger partial charge in [-0.05, 0) is 12.8 Å². The minimum Gasteiger partial charge on any atom is -0.217 e. The van der Waals surface area contributed by atoms with E-state index in [-0.39, 0.29) is 5.69 Å². The maximum absolute atomic E-state index is 10.9. The number of aromatic nitrogens is 3. The lowest BCUT2D eigenvalue weighted by Gasteiger charge is -2.02. The average molecular weight is 140 g/mol. The molecule has 0 spiro atoms. The van der Waals surface area contributed by atoms with Crippen LogP contribution in [0.3, 0.4) is 0 Å². The standard InChI is InChI=1S/C6H9N3O/c10-6-8-7-5-3-1-2-4-9(5)6/h1-4H2,(H,8,10)/p+1. The van der Waals surface area contributed by atoms with Crippen molar-refractivity contribution in [3.05, 3.63) is 16.3 Å². The molecule has 0 saturated heterocycles. The highest BCUT2D eigenvalue weighted by atomic mass is 16.1. The summed E-state index contributed by atoms with van der Waals surface area (Å²) in [6.07, 6.45) is 3.31. The van der Waals surface area contributed by atoms with E-state index in [4.69, 9.17) is 0 Å². The summed E-state index contributed by atoms with van der Waals surface area (Å²) in [4.78, 5) is 10.9. The molecule has 4 heteroatoms. The fraction of sp³-hybridized carbons (Fsp3) is 0.667. The summed E-state index contributed by atoms with van der Waals surface area (Å²) in [6, 6.07) is 0. The van der Waals surface area contributed by atoms with E-state index in [1.54, 1.807) is 4.57 Å². The Morgan fingerprint density at radius 1 is 1.50 bits per heavy atom. The number of rotatable bonds is 0. The van der Waals surface area contributed by atoms with Crippen LogP contribution in [0.1, 0.15) is 18.7 Å². The lowest BCUT2D eigenvalue weighted by Crippen LogP contribution is -2.22. The van der Waals surface area contributed by atoms with Crippen molar-refractivity contribution in [2.24, 2.45) is 0 Å². The molecule has 10 heavy (non-hydrogen) atoms. The topological polar surface area (TPSA) is 51.9 Å². The monoisotopic (exact) mass is 140 g/mol. The predicted octanol–water partition coefficient (Wildman–Crippen LogP) is -0.673. The summed E-state index contributed by atoms with van der Waals surface area (Å²) in [6.45, 7) is 0.869. The Bertz CT molecular complexity index is 285. The lowest BCUT2D eigenvalue weighted by molar-refractivity contribution is -0.464. The van der Waals surface area contributed by atoms with Crippen LogP contribution in [0, 0.1) is 0 Å². The third-order valence-corrected chi connectivity index (χ3v) is 1.93. The van der Waals surface area contributed by atoms with Crippen molar-refractivity contribution < 1.29 is 5.10 Å². The molecule has 0 aromatic carbocycles. The van der Waals surface area contributed by atoms with Gasteiger partial charge in [0.1, 0.15) is 0 Å². The van der Waals surface area contributed by atoms with Crippen LogP contribution in [0.4, 0.5) is 0 Å². The van der Waals surface area contributed by atoms with Gasteiger partial charge in [-0.1, -0.05) is 0 Å². The molecule has 1 aromatic heterocycles. The number of hydrogen-bond donors (Lipinski definition) is 1.